The number of aromatic nitrogens is 6. The molecular formula is C13H10ClN7O. The first-order valence-electron chi connectivity index (χ1n) is 6.54. The number of rotatable bonds is 1. The van der Waals surface area contributed by atoms with E-state index in [1.807, 2.05) is 19.1 Å². The molecule has 0 fully saturated rings. The molecule has 0 amide bonds. The van der Waals surface area contributed by atoms with Crippen LogP contribution < -0.4 is 10.9 Å². The van der Waals surface area contributed by atoms with Crippen molar-refractivity contribution in [1.82, 2.24) is 30.4 Å². The fraction of sp³-hybridized carbons (Fsp3) is 0.154. The van der Waals surface area contributed by atoms with Gasteiger partial charge in [-0.2, -0.15) is 9.78 Å². The van der Waals surface area contributed by atoms with Gasteiger partial charge in [-0.05, 0) is 35.0 Å². The topological polar surface area (TPSA) is 101 Å². The number of hydrogen-bond donors (Lipinski definition) is 2. The lowest BCUT2D eigenvalue weighted by Crippen LogP contribution is -2.29. The average Bonchev–Trinajstić information content (AvgIpc) is 2.98. The van der Waals surface area contributed by atoms with Crippen molar-refractivity contribution < 1.29 is 0 Å². The quantitative estimate of drug-likeness (QED) is 0.551. The van der Waals surface area contributed by atoms with Gasteiger partial charge in [-0.25, -0.2) is 5.10 Å². The van der Waals surface area contributed by atoms with Crippen LogP contribution in [-0.2, 0) is 0 Å². The standard InChI is InChI=1S/C13H10ClN7O/c1-6-9-10(12(22)17-16-6)15-13-18-19-20-21(13)11(9)7-2-4-8(14)5-3-7/h2-5,11H,1H3,(H,17,22)(H,15,18,20)/t11-/m0/s1. The van der Waals surface area contributed by atoms with E-state index in [0.29, 0.717) is 22.4 Å². The van der Waals surface area contributed by atoms with Crippen molar-refractivity contribution in [3.63, 3.8) is 0 Å². The van der Waals surface area contributed by atoms with Crippen LogP contribution in [0, 0.1) is 6.92 Å². The molecule has 4 rings (SSSR count). The molecule has 3 heterocycles. The Morgan fingerprint density at radius 2 is 2.05 bits per heavy atom. The van der Waals surface area contributed by atoms with Crippen molar-refractivity contribution in [2.75, 3.05) is 5.32 Å². The number of hydrogen-bond acceptors (Lipinski definition) is 6. The van der Waals surface area contributed by atoms with Crippen molar-refractivity contribution in [1.29, 1.82) is 0 Å². The highest BCUT2D eigenvalue weighted by atomic mass is 35.5. The van der Waals surface area contributed by atoms with E-state index in [9.17, 15) is 4.79 Å². The molecule has 1 aliphatic heterocycles. The van der Waals surface area contributed by atoms with Crippen LogP contribution in [0.1, 0.15) is 22.9 Å². The summed E-state index contributed by atoms with van der Waals surface area (Å²) in [5.74, 6) is 0.406. The number of halogens is 1. The summed E-state index contributed by atoms with van der Waals surface area (Å²) in [4.78, 5) is 12.1. The molecule has 2 aromatic heterocycles. The second kappa shape index (κ2) is 4.63. The summed E-state index contributed by atoms with van der Waals surface area (Å²) in [5, 5.41) is 21.7. The van der Waals surface area contributed by atoms with Gasteiger partial charge < -0.3 is 5.32 Å². The number of benzene rings is 1. The van der Waals surface area contributed by atoms with Crippen LogP contribution in [-0.4, -0.2) is 30.4 Å². The van der Waals surface area contributed by atoms with Crippen LogP contribution >= 0.6 is 11.6 Å². The Balaban J connectivity index is 2.02. The minimum Gasteiger partial charge on any atom is -0.318 e. The largest absolute Gasteiger partial charge is 0.318 e. The van der Waals surface area contributed by atoms with Crippen molar-refractivity contribution in [2.24, 2.45) is 0 Å². The first-order valence-corrected chi connectivity index (χ1v) is 6.92. The maximum Gasteiger partial charge on any atom is 0.288 e. The van der Waals surface area contributed by atoms with Gasteiger partial charge >= 0.3 is 0 Å². The SMILES string of the molecule is Cc1n[nH]c(=O)c2c1[C@H](c1ccc(Cl)cc1)n1nnnc1N2. The van der Waals surface area contributed by atoms with Gasteiger partial charge in [0.05, 0.1) is 5.69 Å². The molecule has 0 saturated heterocycles. The summed E-state index contributed by atoms with van der Waals surface area (Å²) in [6.07, 6.45) is 0. The number of H-pyrrole nitrogens is 1. The van der Waals surface area contributed by atoms with Crippen LogP contribution in [0.3, 0.4) is 0 Å². The Hall–Kier alpha value is -2.74. The van der Waals surface area contributed by atoms with Gasteiger partial charge in [-0.3, -0.25) is 4.79 Å². The lowest BCUT2D eigenvalue weighted by Gasteiger charge is -2.27. The summed E-state index contributed by atoms with van der Waals surface area (Å²) in [5.41, 5.74) is 2.45. The fourth-order valence-corrected chi connectivity index (χ4v) is 2.78. The second-order valence-electron chi connectivity index (χ2n) is 4.95. The summed E-state index contributed by atoms with van der Waals surface area (Å²) >= 11 is 5.96. The van der Waals surface area contributed by atoms with E-state index >= 15 is 0 Å². The number of nitrogens with zero attached hydrogens (tertiary/aromatic N) is 5. The van der Waals surface area contributed by atoms with Crippen LogP contribution in [0.25, 0.3) is 0 Å². The number of aryl methyl sites for hydroxylation is 1. The molecule has 0 unspecified atom stereocenters. The van der Waals surface area contributed by atoms with Crippen LogP contribution in [0.4, 0.5) is 11.6 Å². The normalized spacial score (nSPS) is 15.8. The van der Waals surface area contributed by atoms with Crippen LogP contribution in [0.15, 0.2) is 29.1 Å². The van der Waals surface area contributed by atoms with E-state index in [0.717, 1.165) is 11.1 Å². The molecule has 2 N–H and O–H groups in total. The third-order valence-corrected chi connectivity index (χ3v) is 3.90. The van der Waals surface area contributed by atoms with E-state index in [2.05, 4.69) is 31.0 Å². The highest BCUT2D eigenvalue weighted by Crippen LogP contribution is 2.37. The van der Waals surface area contributed by atoms with Crippen LogP contribution in [0.2, 0.25) is 5.02 Å². The maximum atomic E-state index is 12.1. The Morgan fingerprint density at radius 3 is 2.82 bits per heavy atom. The molecule has 110 valence electrons. The van der Waals surface area contributed by atoms with Gasteiger partial charge in [0.1, 0.15) is 11.7 Å². The molecule has 0 spiro atoms. The molecule has 0 bridgehead atoms. The number of anilines is 2. The highest BCUT2D eigenvalue weighted by Gasteiger charge is 2.32. The van der Waals surface area contributed by atoms with Crippen molar-refractivity contribution in [2.45, 2.75) is 13.0 Å². The molecule has 1 atom stereocenters. The van der Waals surface area contributed by atoms with Gasteiger partial charge in [0, 0.05) is 10.6 Å². The van der Waals surface area contributed by atoms with Gasteiger partial charge in [-0.1, -0.05) is 28.8 Å². The van der Waals surface area contributed by atoms with E-state index in [1.165, 1.54) is 0 Å². The molecule has 0 aliphatic carbocycles. The summed E-state index contributed by atoms with van der Waals surface area (Å²) in [7, 11) is 0. The van der Waals surface area contributed by atoms with Gasteiger partial charge in [0.25, 0.3) is 5.56 Å². The predicted molar refractivity (Wildman–Crippen MR) is 79.4 cm³/mol. The smallest absolute Gasteiger partial charge is 0.288 e. The zero-order valence-electron chi connectivity index (χ0n) is 11.4. The molecule has 22 heavy (non-hydrogen) atoms. The molecule has 9 heteroatoms. The zero-order valence-corrected chi connectivity index (χ0v) is 12.2. The van der Waals surface area contributed by atoms with Gasteiger partial charge in [-0.15, -0.1) is 0 Å². The summed E-state index contributed by atoms with van der Waals surface area (Å²) < 4.78 is 1.62. The van der Waals surface area contributed by atoms with Crippen LogP contribution in [0.5, 0.6) is 0 Å². The zero-order chi connectivity index (χ0) is 15.3. The molecule has 1 aliphatic rings. The van der Waals surface area contributed by atoms with Gasteiger partial charge in [0.2, 0.25) is 5.95 Å². The molecule has 0 saturated carbocycles. The lowest BCUT2D eigenvalue weighted by atomic mass is 9.95. The second-order valence-corrected chi connectivity index (χ2v) is 5.39. The van der Waals surface area contributed by atoms with Crippen molar-refractivity contribution >= 4 is 23.2 Å². The van der Waals surface area contributed by atoms with E-state index < -0.39 is 0 Å². The molecule has 8 nitrogen and oxygen atoms in total. The fourth-order valence-electron chi connectivity index (χ4n) is 2.65. The number of fused-ring (bicyclic) bond motifs is 2. The molecular weight excluding hydrogens is 306 g/mol. The number of tetrazole rings is 1. The van der Waals surface area contributed by atoms with E-state index in [4.69, 9.17) is 11.6 Å². The third-order valence-electron chi connectivity index (χ3n) is 3.64. The summed E-state index contributed by atoms with van der Waals surface area (Å²) in [6, 6.07) is 7.01. The Labute approximate surface area is 129 Å². The van der Waals surface area contributed by atoms with E-state index in [-0.39, 0.29) is 11.6 Å². The Morgan fingerprint density at radius 1 is 1.27 bits per heavy atom. The highest BCUT2D eigenvalue weighted by molar-refractivity contribution is 6.30. The first kappa shape index (κ1) is 13.0. The third kappa shape index (κ3) is 1.81. The van der Waals surface area contributed by atoms with Gasteiger partial charge in [0.15, 0.2) is 0 Å². The molecule has 1 aromatic carbocycles. The number of nitrogens with one attached hydrogen (secondary N) is 2. The monoisotopic (exact) mass is 315 g/mol. The lowest BCUT2D eigenvalue weighted by molar-refractivity contribution is 0.562. The van der Waals surface area contributed by atoms with Crippen molar-refractivity contribution in [3.05, 3.63) is 56.5 Å². The summed E-state index contributed by atoms with van der Waals surface area (Å²) in [6.45, 7) is 1.83. The minimum absolute atomic E-state index is 0.311. The Kier molecular flexibility index (Phi) is 2.73. The first-order chi connectivity index (χ1) is 10.6. The van der Waals surface area contributed by atoms with Crippen molar-refractivity contribution in [3.8, 4) is 0 Å². The Bertz CT molecular complexity index is 915. The average molecular weight is 316 g/mol. The number of aromatic amines is 1. The molecule has 3 aromatic rings. The maximum absolute atomic E-state index is 12.1. The van der Waals surface area contributed by atoms with E-state index in [1.54, 1.807) is 16.8 Å². The minimum atomic E-state index is -0.340. The molecule has 0 radical (unpaired) electrons. The predicted octanol–water partition coefficient (Wildman–Crippen LogP) is 1.41.